The quantitative estimate of drug-likeness (QED) is 0.0218. The van der Waals surface area contributed by atoms with Gasteiger partial charge in [-0.2, -0.15) is 0 Å². The van der Waals surface area contributed by atoms with Gasteiger partial charge in [0.2, 0.25) is 0 Å². The number of allylic oxidation sites excluding steroid dienone is 7. The van der Waals surface area contributed by atoms with Crippen LogP contribution in [0.25, 0.3) is 0 Å². The van der Waals surface area contributed by atoms with Gasteiger partial charge in [0.25, 0.3) is 0 Å². The fraction of sp³-hybridized carbons (Fsp3) is 0.769. The normalized spacial score (nSPS) is 14.1. The fourth-order valence-electron chi connectivity index (χ4n) is 4.99. The number of phosphoric ester groups is 1. The number of phosphoric acid groups is 1. The van der Waals surface area contributed by atoms with Gasteiger partial charge in [-0.1, -0.05) is 140 Å². The van der Waals surface area contributed by atoms with Crippen LogP contribution in [-0.4, -0.2) is 43.3 Å². The molecule has 0 fully saturated rings. The molecule has 9 heteroatoms. The highest BCUT2D eigenvalue weighted by molar-refractivity contribution is 7.47. The predicted molar refractivity (Wildman–Crippen MR) is 201 cm³/mol. The third-order valence-electron chi connectivity index (χ3n) is 7.85. The molecule has 3 N–H and O–H groups in total. The van der Waals surface area contributed by atoms with Gasteiger partial charge < -0.3 is 20.1 Å². The Bertz CT molecular complexity index is 874. The number of carbonyl (C=O) groups excluding carboxylic acids is 1. The van der Waals surface area contributed by atoms with Gasteiger partial charge >= 0.3 is 13.8 Å². The lowest BCUT2D eigenvalue weighted by Crippen LogP contribution is -2.25. The Morgan fingerprint density at radius 3 is 1.77 bits per heavy atom. The van der Waals surface area contributed by atoms with E-state index in [-0.39, 0.29) is 32.3 Å². The molecule has 2 atom stereocenters. The van der Waals surface area contributed by atoms with Crippen molar-refractivity contribution in [3.63, 3.8) is 0 Å². The zero-order valence-corrected chi connectivity index (χ0v) is 31.6. The van der Waals surface area contributed by atoms with E-state index in [1.165, 1.54) is 70.6 Å². The second-order valence-corrected chi connectivity index (χ2v) is 13.9. The van der Waals surface area contributed by atoms with Crippen molar-refractivity contribution >= 4 is 13.8 Å². The molecule has 280 valence electrons. The Kier molecular flexibility index (Phi) is 35.3. The molecule has 0 amide bonds. The van der Waals surface area contributed by atoms with Crippen molar-refractivity contribution in [1.29, 1.82) is 0 Å². The molecule has 0 radical (unpaired) electrons. The molecule has 0 aliphatic heterocycles. The van der Waals surface area contributed by atoms with E-state index in [2.05, 4.69) is 50.3 Å². The third-order valence-corrected chi connectivity index (χ3v) is 8.83. The summed E-state index contributed by atoms with van der Waals surface area (Å²) in [6.45, 7) is 4.07. The Labute approximate surface area is 294 Å². The summed E-state index contributed by atoms with van der Waals surface area (Å²) in [4.78, 5) is 22.2. The summed E-state index contributed by atoms with van der Waals surface area (Å²) in [6, 6.07) is 0. The van der Waals surface area contributed by atoms with Crippen LogP contribution in [0.4, 0.5) is 0 Å². The predicted octanol–water partition coefficient (Wildman–Crippen LogP) is 11.2. The highest BCUT2D eigenvalue weighted by Crippen LogP contribution is 2.43. The van der Waals surface area contributed by atoms with Crippen LogP contribution in [-0.2, 0) is 27.9 Å². The number of rotatable bonds is 36. The van der Waals surface area contributed by atoms with Crippen LogP contribution in [0.2, 0.25) is 0 Å². The van der Waals surface area contributed by atoms with E-state index in [1.807, 2.05) is 6.08 Å². The summed E-state index contributed by atoms with van der Waals surface area (Å²) in [5.74, 6) is -0.309. The van der Waals surface area contributed by atoms with E-state index in [4.69, 9.17) is 24.3 Å². The first-order valence-electron chi connectivity index (χ1n) is 19.2. The van der Waals surface area contributed by atoms with Crippen molar-refractivity contribution in [2.45, 2.75) is 168 Å². The Balaban J connectivity index is 4.17. The van der Waals surface area contributed by atoms with Crippen LogP contribution >= 0.6 is 7.82 Å². The molecule has 0 heterocycles. The first kappa shape index (κ1) is 46.3. The van der Waals surface area contributed by atoms with Gasteiger partial charge in [-0.05, 0) is 57.4 Å². The molecular formula is C39H72NO7P. The minimum absolute atomic E-state index is 0.0738. The molecule has 0 bridgehead atoms. The molecule has 0 rings (SSSR count). The Morgan fingerprint density at radius 2 is 1.19 bits per heavy atom. The van der Waals surface area contributed by atoms with Gasteiger partial charge in [0.15, 0.2) is 6.10 Å². The minimum Gasteiger partial charge on any atom is -0.492 e. The van der Waals surface area contributed by atoms with E-state index >= 15 is 0 Å². The Hall–Kier alpha value is -1.70. The lowest BCUT2D eigenvalue weighted by Gasteiger charge is -2.19. The summed E-state index contributed by atoms with van der Waals surface area (Å²) in [5, 5.41) is 0. The highest BCUT2D eigenvalue weighted by atomic mass is 31.2. The van der Waals surface area contributed by atoms with Crippen molar-refractivity contribution in [2.75, 3.05) is 26.4 Å². The van der Waals surface area contributed by atoms with Crippen LogP contribution in [0.3, 0.4) is 0 Å². The molecule has 0 aromatic rings. The van der Waals surface area contributed by atoms with E-state index in [9.17, 15) is 14.3 Å². The number of nitrogens with two attached hydrogens (primary N) is 1. The van der Waals surface area contributed by atoms with Gasteiger partial charge in [0, 0.05) is 13.0 Å². The molecule has 0 aliphatic rings. The minimum atomic E-state index is -4.27. The third kappa shape index (κ3) is 35.6. The standard InChI is InChI=1S/C39H72NO7P/c1-3-5-7-9-11-13-15-17-19-20-22-24-26-28-30-32-39(41)45-36-38(37-47-48(42,43)46-35-33-40)44-34-31-29-27-25-23-21-18-16-14-12-10-8-6-4-2/h5,7,11,13,17,19,31,34,38H,3-4,6,8-10,12,14-16,18,20-30,32-33,35-37,40H2,1-2H3,(H,42,43)/b7-5-,13-11-,19-17-,34-31-/t38-/m1/s1. The van der Waals surface area contributed by atoms with E-state index in [1.54, 1.807) is 6.26 Å². The lowest BCUT2D eigenvalue weighted by atomic mass is 10.0. The van der Waals surface area contributed by atoms with Crippen LogP contribution in [0, 0.1) is 0 Å². The number of esters is 1. The molecule has 8 nitrogen and oxygen atoms in total. The summed E-state index contributed by atoms with van der Waals surface area (Å²) >= 11 is 0. The smallest absolute Gasteiger partial charge is 0.472 e. The molecule has 48 heavy (non-hydrogen) atoms. The summed E-state index contributed by atoms with van der Waals surface area (Å²) in [7, 11) is -4.27. The molecule has 0 aliphatic carbocycles. The van der Waals surface area contributed by atoms with Crippen molar-refractivity contribution < 1.29 is 32.8 Å². The molecular weight excluding hydrogens is 625 g/mol. The second kappa shape index (κ2) is 36.6. The molecule has 0 saturated heterocycles. The Morgan fingerprint density at radius 1 is 0.667 bits per heavy atom. The van der Waals surface area contributed by atoms with Crippen LogP contribution < -0.4 is 5.73 Å². The molecule has 0 spiro atoms. The van der Waals surface area contributed by atoms with Gasteiger partial charge in [0.1, 0.15) is 6.61 Å². The fourth-order valence-corrected chi connectivity index (χ4v) is 5.76. The largest absolute Gasteiger partial charge is 0.492 e. The summed E-state index contributed by atoms with van der Waals surface area (Å²) < 4.78 is 33.1. The number of unbranched alkanes of at least 4 members (excludes halogenated alkanes) is 17. The monoisotopic (exact) mass is 698 g/mol. The number of hydrogen-bond donors (Lipinski definition) is 2. The molecule has 0 aromatic heterocycles. The topological polar surface area (TPSA) is 117 Å². The maximum Gasteiger partial charge on any atom is 0.472 e. The second-order valence-electron chi connectivity index (χ2n) is 12.5. The van der Waals surface area contributed by atoms with Crippen LogP contribution in [0.1, 0.15) is 162 Å². The van der Waals surface area contributed by atoms with Crippen LogP contribution in [0.5, 0.6) is 0 Å². The van der Waals surface area contributed by atoms with Gasteiger partial charge in [-0.3, -0.25) is 13.8 Å². The first-order chi connectivity index (χ1) is 23.4. The summed E-state index contributed by atoms with van der Waals surface area (Å²) in [6.07, 6.45) is 42.2. The average molecular weight is 698 g/mol. The van der Waals surface area contributed by atoms with Crippen molar-refractivity contribution in [1.82, 2.24) is 0 Å². The molecule has 0 aromatic carbocycles. The molecule has 0 saturated carbocycles. The van der Waals surface area contributed by atoms with Gasteiger partial charge in [-0.25, -0.2) is 4.57 Å². The number of hydrogen-bond acceptors (Lipinski definition) is 7. The summed E-state index contributed by atoms with van der Waals surface area (Å²) in [5.41, 5.74) is 5.35. The van der Waals surface area contributed by atoms with E-state index in [0.717, 1.165) is 70.6 Å². The van der Waals surface area contributed by atoms with Gasteiger partial charge in [-0.15, -0.1) is 0 Å². The van der Waals surface area contributed by atoms with Crippen molar-refractivity contribution in [3.8, 4) is 0 Å². The number of carbonyl (C=O) groups is 1. The van der Waals surface area contributed by atoms with E-state index in [0.29, 0.717) is 6.42 Å². The van der Waals surface area contributed by atoms with Gasteiger partial charge in [0.05, 0.1) is 19.5 Å². The average Bonchev–Trinajstić information content (AvgIpc) is 3.08. The van der Waals surface area contributed by atoms with Crippen molar-refractivity contribution in [2.24, 2.45) is 5.73 Å². The SMILES string of the molecule is CC/C=C\C/C=C\C/C=C\CCCCCCCC(=O)OC[C@H](COP(=O)(O)OCCN)O/C=C\CCCCCCCCCCCCCC. The highest BCUT2D eigenvalue weighted by Gasteiger charge is 2.24. The zero-order valence-electron chi connectivity index (χ0n) is 30.7. The van der Waals surface area contributed by atoms with Crippen LogP contribution in [0.15, 0.2) is 48.8 Å². The first-order valence-corrected chi connectivity index (χ1v) is 20.7. The lowest BCUT2D eigenvalue weighted by molar-refractivity contribution is -0.147. The molecule has 1 unspecified atom stereocenters. The maximum atomic E-state index is 12.3. The number of ether oxygens (including phenoxy) is 2. The maximum absolute atomic E-state index is 12.3. The van der Waals surface area contributed by atoms with Crippen molar-refractivity contribution in [3.05, 3.63) is 48.8 Å². The van der Waals surface area contributed by atoms with E-state index < -0.39 is 13.9 Å². The zero-order chi connectivity index (χ0) is 35.2.